The van der Waals surface area contributed by atoms with E-state index in [0.29, 0.717) is 71.9 Å². The van der Waals surface area contributed by atoms with E-state index in [1.54, 1.807) is 25.4 Å². The van der Waals surface area contributed by atoms with Crippen molar-refractivity contribution in [1.29, 1.82) is 5.26 Å². The number of alkyl halides is 1. The Balaban J connectivity index is 1.31. The number of nitriles is 1. The van der Waals surface area contributed by atoms with Crippen LogP contribution in [-0.4, -0.2) is 67.0 Å². The fourth-order valence-electron chi connectivity index (χ4n) is 5.83. The smallest absolute Gasteiger partial charge is 0.253 e. The second kappa shape index (κ2) is 11.2. The van der Waals surface area contributed by atoms with E-state index in [2.05, 4.69) is 11.1 Å². The molecule has 1 amide bonds. The molecule has 1 N–H and O–H groups in total. The van der Waals surface area contributed by atoms with Crippen LogP contribution in [0.15, 0.2) is 59.1 Å². The molecule has 2 aliphatic heterocycles. The van der Waals surface area contributed by atoms with Crippen LogP contribution in [0.4, 0.5) is 10.1 Å². The van der Waals surface area contributed by atoms with Crippen LogP contribution in [0.2, 0.25) is 0 Å². The molecule has 0 saturated carbocycles. The molecule has 2 aliphatic rings. The Bertz CT molecular complexity index is 1640. The van der Waals surface area contributed by atoms with Gasteiger partial charge in [-0.05, 0) is 67.1 Å². The van der Waals surface area contributed by atoms with Crippen LogP contribution < -0.4 is 9.64 Å². The summed E-state index contributed by atoms with van der Waals surface area (Å²) in [7, 11) is 1.56. The van der Waals surface area contributed by atoms with E-state index in [0.717, 1.165) is 29.7 Å². The molecule has 2 aromatic heterocycles. The number of fused-ring (bicyclic) bond motifs is 1. The summed E-state index contributed by atoms with van der Waals surface area (Å²) in [5.41, 5.74) is 5.24. The average molecular weight is 555 g/mol. The monoisotopic (exact) mass is 554 g/mol. The number of anilines is 1. The van der Waals surface area contributed by atoms with E-state index in [4.69, 9.17) is 9.15 Å². The highest BCUT2D eigenvalue weighted by atomic mass is 19.1. The topological polar surface area (TPSA) is 103 Å². The molecule has 2 aromatic carbocycles. The van der Waals surface area contributed by atoms with E-state index in [1.807, 2.05) is 46.2 Å². The maximum atomic E-state index is 13.8. The number of hydrogen-bond acceptors (Lipinski definition) is 7. The van der Waals surface area contributed by atoms with Gasteiger partial charge in [0.25, 0.3) is 5.91 Å². The van der Waals surface area contributed by atoms with E-state index in [-0.39, 0.29) is 18.4 Å². The molecular weight excluding hydrogens is 523 g/mol. The first kappa shape index (κ1) is 26.8. The number of likely N-dealkylation sites (tertiary alicyclic amines) is 1. The summed E-state index contributed by atoms with van der Waals surface area (Å²) in [6, 6.07) is 16.9. The minimum Gasteiger partial charge on any atom is -0.496 e. The standard InChI is InChI=1S/C32H31FN4O4/c1-40-29-15-22(32(39)36-11-7-20(19-38)8-12-36)2-4-26(29)30-16-27-31(41-30)25(6-10-35-27)21-3-5-28(23(14-21)17-34)37-13-9-24(33)18-37/h2-6,10,14-16,20,24,38H,7-9,11-13,18-19H2,1H3. The molecule has 0 aliphatic carbocycles. The number of amides is 1. The molecule has 210 valence electrons. The number of aromatic nitrogens is 1. The third-order valence-electron chi connectivity index (χ3n) is 8.19. The summed E-state index contributed by atoms with van der Waals surface area (Å²) in [5.74, 6) is 1.24. The minimum absolute atomic E-state index is 0.0625. The van der Waals surface area contributed by atoms with Crippen LogP contribution >= 0.6 is 0 Å². The van der Waals surface area contributed by atoms with Crippen molar-refractivity contribution < 1.29 is 23.4 Å². The van der Waals surface area contributed by atoms with E-state index < -0.39 is 6.17 Å². The van der Waals surface area contributed by atoms with Gasteiger partial charge in [-0.25, -0.2) is 4.39 Å². The molecule has 9 heteroatoms. The maximum absolute atomic E-state index is 13.8. The summed E-state index contributed by atoms with van der Waals surface area (Å²) >= 11 is 0. The summed E-state index contributed by atoms with van der Waals surface area (Å²) < 4.78 is 25.8. The Labute approximate surface area is 237 Å². The van der Waals surface area contributed by atoms with Gasteiger partial charge in [-0.3, -0.25) is 9.78 Å². The van der Waals surface area contributed by atoms with Crippen LogP contribution in [0.3, 0.4) is 0 Å². The van der Waals surface area contributed by atoms with Crippen LogP contribution in [0.25, 0.3) is 33.6 Å². The highest BCUT2D eigenvalue weighted by Crippen LogP contribution is 2.39. The van der Waals surface area contributed by atoms with Gasteiger partial charge < -0.3 is 24.1 Å². The van der Waals surface area contributed by atoms with Gasteiger partial charge in [0.1, 0.15) is 29.3 Å². The number of ether oxygens (including phenoxy) is 1. The van der Waals surface area contributed by atoms with Crippen LogP contribution in [0, 0.1) is 17.2 Å². The van der Waals surface area contributed by atoms with E-state index in [9.17, 15) is 19.6 Å². The summed E-state index contributed by atoms with van der Waals surface area (Å²) in [6.07, 6.45) is 2.87. The summed E-state index contributed by atoms with van der Waals surface area (Å²) in [4.78, 5) is 21.4. The first-order valence-corrected chi connectivity index (χ1v) is 13.9. The summed E-state index contributed by atoms with van der Waals surface area (Å²) in [6.45, 7) is 2.28. The number of aliphatic hydroxyl groups excluding tert-OH is 1. The molecule has 6 rings (SSSR count). The van der Waals surface area contributed by atoms with Crippen LogP contribution in [-0.2, 0) is 0 Å². The molecule has 1 atom stereocenters. The number of furan rings is 1. The van der Waals surface area contributed by atoms with Crippen molar-refractivity contribution >= 4 is 22.7 Å². The molecule has 0 bridgehead atoms. The number of carbonyl (C=O) groups is 1. The normalized spacial score (nSPS) is 17.7. The SMILES string of the molecule is COc1cc(C(=O)N2CCC(CO)CC2)ccc1-c1cc2nccc(-c3ccc(N4CCC(F)C4)c(C#N)c3)c2o1. The molecule has 4 aromatic rings. The van der Waals surface area contributed by atoms with Crippen molar-refractivity contribution in [2.45, 2.75) is 25.4 Å². The average Bonchev–Trinajstić information content (AvgIpc) is 3.66. The van der Waals surface area contributed by atoms with Crippen molar-refractivity contribution in [1.82, 2.24) is 9.88 Å². The Morgan fingerprint density at radius 3 is 2.66 bits per heavy atom. The van der Waals surface area contributed by atoms with Crippen molar-refractivity contribution in [3.63, 3.8) is 0 Å². The van der Waals surface area contributed by atoms with Gasteiger partial charge in [0.2, 0.25) is 0 Å². The molecule has 1 unspecified atom stereocenters. The Morgan fingerprint density at radius 1 is 1.12 bits per heavy atom. The quantitative estimate of drug-likeness (QED) is 0.339. The highest BCUT2D eigenvalue weighted by molar-refractivity contribution is 5.97. The lowest BCUT2D eigenvalue weighted by Crippen LogP contribution is -2.39. The molecule has 2 fully saturated rings. The number of methoxy groups -OCH3 is 1. The van der Waals surface area contributed by atoms with Crippen LogP contribution in [0.1, 0.15) is 35.2 Å². The fraction of sp³-hybridized carbons (Fsp3) is 0.344. The lowest BCUT2D eigenvalue weighted by molar-refractivity contribution is 0.0650. The third kappa shape index (κ3) is 5.11. The number of carbonyl (C=O) groups excluding carboxylic acids is 1. The Hall–Kier alpha value is -4.42. The van der Waals surface area contributed by atoms with E-state index in [1.165, 1.54) is 0 Å². The maximum Gasteiger partial charge on any atom is 0.253 e. The van der Waals surface area contributed by atoms with Gasteiger partial charge >= 0.3 is 0 Å². The van der Waals surface area contributed by atoms with Gasteiger partial charge in [-0.15, -0.1) is 0 Å². The largest absolute Gasteiger partial charge is 0.496 e. The predicted octanol–water partition coefficient (Wildman–Crippen LogP) is 5.43. The molecule has 41 heavy (non-hydrogen) atoms. The summed E-state index contributed by atoms with van der Waals surface area (Å²) in [5, 5.41) is 19.2. The zero-order valence-corrected chi connectivity index (χ0v) is 22.8. The minimum atomic E-state index is -0.879. The number of rotatable bonds is 6. The van der Waals surface area contributed by atoms with Gasteiger partial charge in [-0.2, -0.15) is 5.26 Å². The number of halogens is 1. The zero-order chi connectivity index (χ0) is 28.5. The number of aliphatic hydroxyl groups is 1. The van der Waals surface area contributed by atoms with Gasteiger partial charge in [-0.1, -0.05) is 6.07 Å². The van der Waals surface area contributed by atoms with Crippen molar-refractivity contribution in [3.8, 4) is 34.3 Å². The second-order valence-electron chi connectivity index (χ2n) is 10.7. The Kier molecular flexibility index (Phi) is 7.33. The number of benzene rings is 2. The number of nitrogens with zero attached hydrogens (tertiary/aromatic N) is 4. The third-order valence-corrected chi connectivity index (χ3v) is 8.19. The second-order valence-corrected chi connectivity index (χ2v) is 10.7. The van der Waals surface area contributed by atoms with Crippen molar-refractivity contribution in [2.24, 2.45) is 5.92 Å². The van der Waals surface area contributed by atoms with Gasteiger partial charge in [0, 0.05) is 56.2 Å². The molecule has 0 radical (unpaired) electrons. The first-order valence-electron chi connectivity index (χ1n) is 13.9. The fourth-order valence-corrected chi connectivity index (χ4v) is 5.83. The van der Waals surface area contributed by atoms with Gasteiger partial charge in [0.15, 0.2) is 5.58 Å². The molecule has 2 saturated heterocycles. The Morgan fingerprint density at radius 2 is 1.95 bits per heavy atom. The predicted molar refractivity (Wildman–Crippen MR) is 154 cm³/mol. The molecule has 0 spiro atoms. The first-order chi connectivity index (χ1) is 20.0. The van der Waals surface area contributed by atoms with Gasteiger partial charge in [0.05, 0.1) is 23.9 Å². The molecule has 8 nitrogen and oxygen atoms in total. The van der Waals surface area contributed by atoms with Crippen molar-refractivity contribution in [2.75, 3.05) is 44.8 Å². The van der Waals surface area contributed by atoms with Crippen LogP contribution in [0.5, 0.6) is 5.75 Å². The number of pyridine rings is 1. The highest BCUT2D eigenvalue weighted by Gasteiger charge is 2.26. The van der Waals surface area contributed by atoms with Crippen molar-refractivity contribution in [3.05, 3.63) is 65.9 Å². The lowest BCUT2D eigenvalue weighted by atomic mass is 9.97. The molecule has 4 heterocycles. The number of piperidine rings is 1. The zero-order valence-electron chi connectivity index (χ0n) is 22.8. The number of hydrogen-bond donors (Lipinski definition) is 1. The lowest BCUT2D eigenvalue weighted by Gasteiger charge is -2.31. The van der Waals surface area contributed by atoms with E-state index >= 15 is 0 Å². The molecular formula is C32H31FN4O4.